The Labute approximate surface area is 121 Å². The summed E-state index contributed by atoms with van der Waals surface area (Å²) in [6.07, 6.45) is 0.819. The van der Waals surface area contributed by atoms with Crippen molar-refractivity contribution >= 4 is 0 Å². The molecule has 0 saturated heterocycles. The van der Waals surface area contributed by atoms with Gasteiger partial charge in [-0.2, -0.15) is 0 Å². The van der Waals surface area contributed by atoms with Gasteiger partial charge in [0.1, 0.15) is 11.5 Å². The molecule has 0 aliphatic rings. The maximum Gasteiger partial charge on any atom is 0.127 e. The molecule has 0 aliphatic carbocycles. The van der Waals surface area contributed by atoms with Crippen molar-refractivity contribution in [1.82, 2.24) is 0 Å². The van der Waals surface area contributed by atoms with Gasteiger partial charge in [0, 0.05) is 37.8 Å². The van der Waals surface area contributed by atoms with E-state index in [0.717, 1.165) is 23.5 Å². The van der Waals surface area contributed by atoms with Gasteiger partial charge in [0.25, 0.3) is 0 Å². The molecule has 0 aromatic heterocycles. The van der Waals surface area contributed by atoms with Crippen molar-refractivity contribution in [3.05, 3.63) is 23.8 Å². The average molecular weight is 283 g/mol. The third kappa shape index (κ3) is 5.77. The molecule has 0 saturated carbocycles. The Morgan fingerprint density at radius 2 is 1.90 bits per heavy atom. The van der Waals surface area contributed by atoms with Gasteiger partial charge in [-0.3, -0.25) is 0 Å². The van der Waals surface area contributed by atoms with Crippen molar-refractivity contribution in [2.45, 2.75) is 19.4 Å². The molecule has 0 unspecified atom stereocenters. The van der Waals surface area contributed by atoms with E-state index in [0.29, 0.717) is 26.4 Å². The molecule has 0 amide bonds. The van der Waals surface area contributed by atoms with E-state index in [1.165, 1.54) is 0 Å². The molecule has 114 valence electrons. The van der Waals surface area contributed by atoms with Crippen LogP contribution in [0, 0.1) is 0 Å². The van der Waals surface area contributed by atoms with Gasteiger partial charge < -0.3 is 24.7 Å². The van der Waals surface area contributed by atoms with Gasteiger partial charge in [0.15, 0.2) is 0 Å². The van der Waals surface area contributed by atoms with E-state index < -0.39 is 0 Å². The number of methoxy groups -OCH3 is 2. The minimum atomic E-state index is -0.0751. The molecule has 5 heteroatoms. The molecule has 0 bridgehead atoms. The van der Waals surface area contributed by atoms with Crippen molar-refractivity contribution in [3.63, 3.8) is 0 Å². The first-order chi connectivity index (χ1) is 9.69. The van der Waals surface area contributed by atoms with Crippen molar-refractivity contribution < 1.29 is 18.9 Å². The Morgan fingerprint density at radius 3 is 2.55 bits per heavy atom. The molecule has 20 heavy (non-hydrogen) atoms. The van der Waals surface area contributed by atoms with E-state index in [4.69, 9.17) is 24.7 Å². The topological polar surface area (TPSA) is 62.9 Å². The number of hydrogen-bond donors (Lipinski definition) is 1. The van der Waals surface area contributed by atoms with Crippen LogP contribution >= 0.6 is 0 Å². The lowest BCUT2D eigenvalue weighted by atomic mass is 10.1. The summed E-state index contributed by atoms with van der Waals surface area (Å²) in [6, 6.07) is 5.62. The van der Waals surface area contributed by atoms with Crippen LogP contribution in [-0.2, 0) is 9.47 Å². The van der Waals surface area contributed by atoms with Gasteiger partial charge in [-0.05, 0) is 13.0 Å². The number of benzene rings is 1. The Kier molecular flexibility index (Phi) is 8.02. The second-order valence-electron chi connectivity index (χ2n) is 4.50. The highest BCUT2D eigenvalue weighted by atomic mass is 16.5. The summed E-state index contributed by atoms with van der Waals surface area (Å²) in [6.45, 7) is 4.40. The lowest BCUT2D eigenvalue weighted by molar-refractivity contribution is 0.0643. The number of hydrogen-bond acceptors (Lipinski definition) is 5. The highest BCUT2D eigenvalue weighted by Gasteiger charge is 2.09. The molecule has 2 N–H and O–H groups in total. The molecule has 1 aromatic rings. The first-order valence-electron chi connectivity index (χ1n) is 6.82. The molecule has 0 heterocycles. The normalized spacial score (nSPS) is 12.2. The number of ether oxygens (including phenoxy) is 4. The largest absolute Gasteiger partial charge is 0.497 e. The number of nitrogens with two attached hydrogens (primary N) is 1. The van der Waals surface area contributed by atoms with E-state index >= 15 is 0 Å². The van der Waals surface area contributed by atoms with Crippen LogP contribution in [0.2, 0.25) is 0 Å². The summed E-state index contributed by atoms with van der Waals surface area (Å²) in [7, 11) is 3.29. The summed E-state index contributed by atoms with van der Waals surface area (Å²) in [5.74, 6) is 1.54. The summed E-state index contributed by atoms with van der Waals surface area (Å²) in [5.41, 5.74) is 6.91. The molecule has 0 fully saturated rings. The molecule has 1 aromatic carbocycles. The highest BCUT2D eigenvalue weighted by Crippen LogP contribution is 2.28. The lowest BCUT2D eigenvalue weighted by Gasteiger charge is -2.15. The summed E-state index contributed by atoms with van der Waals surface area (Å²) < 4.78 is 21.3. The first-order valence-corrected chi connectivity index (χ1v) is 6.82. The van der Waals surface area contributed by atoms with Crippen molar-refractivity contribution in [2.75, 3.05) is 40.6 Å². The van der Waals surface area contributed by atoms with Crippen LogP contribution < -0.4 is 15.2 Å². The van der Waals surface area contributed by atoms with E-state index in [-0.39, 0.29) is 6.04 Å². The minimum Gasteiger partial charge on any atom is -0.497 e. The molecule has 0 aliphatic heterocycles. The molecule has 0 spiro atoms. The molecule has 0 radical (unpaired) electrons. The Hall–Kier alpha value is -1.30. The van der Waals surface area contributed by atoms with Gasteiger partial charge in [-0.25, -0.2) is 0 Å². The van der Waals surface area contributed by atoms with Crippen molar-refractivity contribution in [1.29, 1.82) is 0 Å². The van der Waals surface area contributed by atoms with Gasteiger partial charge in [-0.1, -0.05) is 6.07 Å². The zero-order valence-electron chi connectivity index (χ0n) is 12.6. The minimum absolute atomic E-state index is 0.0751. The molecule has 1 atom stereocenters. The maximum atomic E-state index is 5.93. The Morgan fingerprint density at radius 1 is 1.10 bits per heavy atom. The van der Waals surface area contributed by atoms with Crippen LogP contribution in [0.15, 0.2) is 18.2 Å². The SMILES string of the molecule is COCCOCCCOc1cc(OC)ccc1[C@H](C)N. The van der Waals surface area contributed by atoms with Crippen LogP contribution in [0.25, 0.3) is 0 Å². The predicted octanol–water partition coefficient (Wildman–Crippen LogP) is 2.15. The Bertz CT molecular complexity index is 382. The predicted molar refractivity (Wildman–Crippen MR) is 78.4 cm³/mol. The monoisotopic (exact) mass is 283 g/mol. The van der Waals surface area contributed by atoms with Gasteiger partial charge >= 0.3 is 0 Å². The fraction of sp³-hybridized carbons (Fsp3) is 0.600. The van der Waals surface area contributed by atoms with Crippen LogP contribution in [-0.4, -0.2) is 40.6 Å². The van der Waals surface area contributed by atoms with Crippen LogP contribution in [0.3, 0.4) is 0 Å². The van der Waals surface area contributed by atoms with Gasteiger partial charge in [0.2, 0.25) is 0 Å². The fourth-order valence-corrected chi connectivity index (χ4v) is 1.73. The van der Waals surface area contributed by atoms with Gasteiger partial charge in [-0.15, -0.1) is 0 Å². The van der Waals surface area contributed by atoms with E-state index in [2.05, 4.69) is 0 Å². The van der Waals surface area contributed by atoms with Crippen LogP contribution in [0.4, 0.5) is 0 Å². The third-order valence-electron chi connectivity index (χ3n) is 2.83. The maximum absolute atomic E-state index is 5.93. The van der Waals surface area contributed by atoms with Crippen molar-refractivity contribution in [3.8, 4) is 11.5 Å². The standard InChI is InChI=1S/C15H25NO4/c1-12(16)14-6-5-13(18-3)11-15(14)20-8-4-7-19-10-9-17-2/h5-6,11-12H,4,7-10,16H2,1-3H3/t12-/m0/s1. The second-order valence-corrected chi connectivity index (χ2v) is 4.50. The fourth-order valence-electron chi connectivity index (χ4n) is 1.73. The van der Waals surface area contributed by atoms with E-state index in [9.17, 15) is 0 Å². The van der Waals surface area contributed by atoms with Crippen LogP contribution in [0.5, 0.6) is 11.5 Å². The van der Waals surface area contributed by atoms with Gasteiger partial charge in [0.05, 0.1) is 26.9 Å². The van der Waals surface area contributed by atoms with Crippen LogP contribution in [0.1, 0.15) is 24.9 Å². The molecular formula is C15H25NO4. The lowest BCUT2D eigenvalue weighted by Crippen LogP contribution is -2.10. The zero-order valence-corrected chi connectivity index (χ0v) is 12.6. The summed E-state index contributed by atoms with van der Waals surface area (Å²) in [5, 5.41) is 0. The second kappa shape index (κ2) is 9.58. The summed E-state index contributed by atoms with van der Waals surface area (Å²) >= 11 is 0. The summed E-state index contributed by atoms with van der Waals surface area (Å²) in [4.78, 5) is 0. The average Bonchev–Trinajstić information content (AvgIpc) is 2.45. The smallest absolute Gasteiger partial charge is 0.127 e. The van der Waals surface area contributed by atoms with E-state index in [1.54, 1.807) is 14.2 Å². The van der Waals surface area contributed by atoms with Crippen molar-refractivity contribution in [2.24, 2.45) is 5.73 Å². The number of rotatable bonds is 10. The molecule has 1 rings (SSSR count). The van der Waals surface area contributed by atoms with E-state index in [1.807, 2.05) is 25.1 Å². The Balaban J connectivity index is 2.41. The third-order valence-corrected chi connectivity index (χ3v) is 2.83. The quantitative estimate of drug-likeness (QED) is 0.667. The molecule has 5 nitrogen and oxygen atoms in total. The highest BCUT2D eigenvalue weighted by molar-refractivity contribution is 5.42. The zero-order chi connectivity index (χ0) is 14.8. The first kappa shape index (κ1) is 16.8. The molecular weight excluding hydrogens is 258 g/mol.